The molecule has 0 aromatic carbocycles. The number of hydrogen-bond donors (Lipinski definition) is 0. The van der Waals surface area contributed by atoms with Crippen LogP contribution in [0, 0.1) is 0 Å². The SMILES string of the molecule is CCCCC(OC(=O)N(C)S(=O)(=O)CCCSOOC(C)C)C(=O)OCC. The molecule has 0 aliphatic heterocycles. The maximum absolute atomic E-state index is 12.2. The van der Waals surface area contributed by atoms with E-state index in [0.717, 1.165) is 25.5 Å². The molecule has 0 radical (unpaired) electrons. The van der Waals surface area contributed by atoms with Gasteiger partial charge in [0.25, 0.3) is 0 Å². The third-order valence-corrected chi connectivity index (χ3v) is 5.61. The van der Waals surface area contributed by atoms with Gasteiger partial charge in [0.05, 0.1) is 18.5 Å². The predicted octanol–water partition coefficient (Wildman–Crippen LogP) is 2.90. The van der Waals surface area contributed by atoms with E-state index in [2.05, 4.69) is 0 Å². The third kappa shape index (κ3) is 11.4. The molecular weight excluding hydrogens is 398 g/mol. The minimum absolute atomic E-state index is 0.0952. The maximum Gasteiger partial charge on any atom is 0.424 e. The van der Waals surface area contributed by atoms with Crippen LogP contribution < -0.4 is 0 Å². The number of carbonyl (C=O) groups is 2. The number of ether oxygens (including phenoxy) is 2. The second kappa shape index (κ2) is 14.0. The lowest BCUT2D eigenvalue weighted by Crippen LogP contribution is -2.39. The number of unbranched alkanes of at least 4 members (excludes halogenated alkanes) is 1. The average Bonchev–Trinajstić information content (AvgIpc) is 2.60. The molecule has 0 rings (SSSR count). The molecule has 0 aliphatic rings. The fourth-order valence-corrected chi connectivity index (χ4v) is 3.52. The number of amides is 1. The molecule has 160 valence electrons. The van der Waals surface area contributed by atoms with Gasteiger partial charge in [0, 0.05) is 24.8 Å². The van der Waals surface area contributed by atoms with E-state index in [0.29, 0.717) is 16.5 Å². The fraction of sp³-hybridized carbons (Fsp3) is 0.875. The van der Waals surface area contributed by atoms with Gasteiger partial charge in [-0.05, 0) is 40.0 Å². The van der Waals surface area contributed by atoms with Gasteiger partial charge < -0.3 is 9.47 Å². The summed E-state index contributed by atoms with van der Waals surface area (Å²) in [4.78, 5) is 28.9. The quantitative estimate of drug-likeness (QED) is 0.135. The van der Waals surface area contributed by atoms with Crippen LogP contribution in [0.1, 0.15) is 53.4 Å². The van der Waals surface area contributed by atoms with Gasteiger partial charge in [0.1, 0.15) is 0 Å². The van der Waals surface area contributed by atoms with Gasteiger partial charge in [-0.1, -0.05) is 13.3 Å². The van der Waals surface area contributed by atoms with E-state index in [4.69, 9.17) is 18.7 Å². The number of rotatable bonds is 14. The van der Waals surface area contributed by atoms with Gasteiger partial charge in [-0.3, -0.25) is 0 Å². The van der Waals surface area contributed by atoms with E-state index in [1.54, 1.807) is 20.8 Å². The molecule has 1 atom stereocenters. The number of hydrogen-bond acceptors (Lipinski definition) is 9. The molecule has 0 aromatic heterocycles. The van der Waals surface area contributed by atoms with Gasteiger partial charge in [-0.2, -0.15) is 4.33 Å². The summed E-state index contributed by atoms with van der Waals surface area (Å²) in [5, 5.41) is 0. The standard InChI is InChI=1S/C16H31NO8S2/c1-6-8-10-14(15(18)22-7-2)23-16(19)17(5)27(20,21)12-9-11-26-25-24-13(3)4/h13-14H,6-12H2,1-5H3. The minimum atomic E-state index is -3.87. The van der Waals surface area contributed by atoms with Crippen LogP contribution in [0.5, 0.6) is 0 Å². The van der Waals surface area contributed by atoms with E-state index in [9.17, 15) is 18.0 Å². The van der Waals surface area contributed by atoms with Crippen molar-refractivity contribution in [2.45, 2.75) is 65.6 Å². The lowest BCUT2D eigenvalue weighted by Gasteiger charge is -2.21. The Morgan fingerprint density at radius 2 is 1.81 bits per heavy atom. The van der Waals surface area contributed by atoms with Gasteiger partial charge >= 0.3 is 12.1 Å². The molecule has 9 nitrogen and oxygen atoms in total. The zero-order valence-corrected chi connectivity index (χ0v) is 18.3. The molecule has 0 aromatic rings. The van der Waals surface area contributed by atoms with Crippen LogP contribution >= 0.6 is 12.0 Å². The molecule has 0 saturated heterocycles. The lowest BCUT2D eigenvalue weighted by molar-refractivity contribution is -0.220. The van der Waals surface area contributed by atoms with E-state index in [1.807, 2.05) is 6.92 Å². The lowest BCUT2D eigenvalue weighted by atomic mass is 10.1. The highest BCUT2D eigenvalue weighted by Gasteiger charge is 2.30. The van der Waals surface area contributed by atoms with Crippen LogP contribution in [0.4, 0.5) is 4.79 Å². The fourth-order valence-electron chi connectivity index (χ4n) is 1.74. The van der Waals surface area contributed by atoms with Crippen molar-refractivity contribution in [3.63, 3.8) is 0 Å². The van der Waals surface area contributed by atoms with Crippen molar-refractivity contribution in [2.75, 3.05) is 25.2 Å². The van der Waals surface area contributed by atoms with Gasteiger partial charge in [-0.15, -0.1) is 0 Å². The van der Waals surface area contributed by atoms with Gasteiger partial charge in [-0.25, -0.2) is 27.2 Å². The summed E-state index contributed by atoms with van der Waals surface area (Å²) in [6.45, 7) is 7.31. The first-order valence-electron chi connectivity index (χ1n) is 8.94. The van der Waals surface area contributed by atoms with E-state index < -0.39 is 28.2 Å². The molecule has 0 heterocycles. The van der Waals surface area contributed by atoms with Crippen LogP contribution in [0.2, 0.25) is 0 Å². The Hall–Kier alpha value is -1.04. The van der Waals surface area contributed by atoms with Crippen molar-refractivity contribution in [2.24, 2.45) is 0 Å². The highest BCUT2D eigenvalue weighted by atomic mass is 32.2. The topological polar surface area (TPSA) is 108 Å². The van der Waals surface area contributed by atoms with Gasteiger partial charge in [0.15, 0.2) is 0 Å². The molecular formula is C16H31NO8S2. The highest BCUT2D eigenvalue weighted by molar-refractivity contribution is 7.94. The maximum atomic E-state index is 12.2. The van der Waals surface area contributed by atoms with E-state index in [-0.39, 0.29) is 31.3 Å². The summed E-state index contributed by atoms with van der Waals surface area (Å²) < 4.78 is 39.7. The summed E-state index contributed by atoms with van der Waals surface area (Å²) in [6.07, 6.45) is -0.349. The number of esters is 1. The smallest absolute Gasteiger partial charge is 0.424 e. The van der Waals surface area contributed by atoms with E-state index >= 15 is 0 Å². The minimum Gasteiger partial charge on any atom is -0.463 e. The second-order valence-corrected chi connectivity index (χ2v) is 8.84. The highest BCUT2D eigenvalue weighted by Crippen LogP contribution is 2.13. The summed E-state index contributed by atoms with van der Waals surface area (Å²) >= 11 is 0.989. The zero-order chi connectivity index (χ0) is 20.9. The van der Waals surface area contributed by atoms with Gasteiger partial charge in [0.2, 0.25) is 16.1 Å². The Morgan fingerprint density at radius 1 is 1.15 bits per heavy atom. The Bertz CT molecular complexity index is 539. The van der Waals surface area contributed by atoms with Crippen LogP contribution in [-0.2, 0) is 33.5 Å². The van der Waals surface area contributed by atoms with Crippen LogP contribution in [0.15, 0.2) is 0 Å². The van der Waals surface area contributed by atoms with Crippen molar-refractivity contribution >= 4 is 34.1 Å². The number of carbonyl (C=O) groups excluding carboxylic acids is 2. The van der Waals surface area contributed by atoms with Crippen LogP contribution in [0.25, 0.3) is 0 Å². The summed E-state index contributed by atoms with van der Waals surface area (Å²) in [7, 11) is -2.77. The third-order valence-electron chi connectivity index (χ3n) is 3.20. The van der Waals surface area contributed by atoms with Crippen LogP contribution in [-0.4, -0.2) is 62.2 Å². The van der Waals surface area contributed by atoms with Crippen molar-refractivity contribution in [1.82, 2.24) is 4.31 Å². The first-order valence-corrected chi connectivity index (χ1v) is 11.5. The summed E-state index contributed by atoms with van der Waals surface area (Å²) in [6, 6.07) is 0. The molecule has 0 spiro atoms. The van der Waals surface area contributed by atoms with Crippen molar-refractivity contribution in [3.05, 3.63) is 0 Å². The molecule has 27 heavy (non-hydrogen) atoms. The summed E-state index contributed by atoms with van der Waals surface area (Å²) in [5.74, 6) is -0.573. The summed E-state index contributed by atoms with van der Waals surface area (Å²) in [5.41, 5.74) is 0. The zero-order valence-electron chi connectivity index (χ0n) is 16.6. The first kappa shape index (κ1) is 26.0. The predicted molar refractivity (Wildman–Crippen MR) is 102 cm³/mol. The Balaban J connectivity index is 4.56. The molecule has 1 unspecified atom stereocenters. The van der Waals surface area contributed by atoms with Crippen molar-refractivity contribution < 1.29 is 36.7 Å². The Morgan fingerprint density at radius 3 is 2.37 bits per heavy atom. The number of nitrogens with zero attached hydrogens (tertiary/aromatic N) is 1. The van der Waals surface area contributed by atoms with Crippen molar-refractivity contribution in [1.29, 1.82) is 0 Å². The Labute approximate surface area is 166 Å². The van der Waals surface area contributed by atoms with Crippen molar-refractivity contribution in [3.8, 4) is 0 Å². The molecule has 0 bridgehead atoms. The molecule has 0 N–H and O–H groups in total. The Kier molecular flexibility index (Phi) is 13.5. The molecule has 0 fully saturated rings. The molecule has 11 heteroatoms. The molecule has 1 amide bonds. The number of sulfonamides is 1. The monoisotopic (exact) mass is 429 g/mol. The largest absolute Gasteiger partial charge is 0.463 e. The normalized spacial score (nSPS) is 12.7. The molecule has 0 aliphatic carbocycles. The first-order chi connectivity index (χ1) is 12.7. The second-order valence-electron chi connectivity index (χ2n) is 5.94. The van der Waals surface area contributed by atoms with Crippen LogP contribution in [0.3, 0.4) is 0 Å². The van der Waals surface area contributed by atoms with E-state index in [1.165, 1.54) is 0 Å². The molecule has 0 saturated carbocycles. The average molecular weight is 430 g/mol.